The van der Waals surface area contributed by atoms with Crippen LogP contribution < -0.4 is 5.73 Å². The van der Waals surface area contributed by atoms with Crippen LogP contribution in [0.3, 0.4) is 0 Å². The Hall–Kier alpha value is -4.55. The van der Waals surface area contributed by atoms with E-state index in [2.05, 4.69) is 10.1 Å². The summed E-state index contributed by atoms with van der Waals surface area (Å²) in [6, 6.07) is 11.8. The summed E-state index contributed by atoms with van der Waals surface area (Å²) in [6.07, 6.45) is -1.99. The van der Waals surface area contributed by atoms with Crippen LogP contribution in [0.4, 0.5) is 10.6 Å². The van der Waals surface area contributed by atoms with Gasteiger partial charge in [0.2, 0.25) is 5.60 Å². The van der Waals surface area contributed by atoms with Gasteiger partial charge < -0.3 is 34.9 Å². The average molecular weight is 563 g/mol. The molecule has 4 N–H and O–H groups in total. The smallest absolute Gasteiger partial charge is 0.418 e. The zero-order valence-corrected chi connectivity index (χ0v) is 21.6. The fraction of sp³-hybridized carbons (Fsp3) is 0.370. The standard InChI is InChI=1S/C27H26N6O8/c28-13-27(21-6-5-19-24(29)30-14-31-33(19)21)23(35)22(34)20(41-27)12-39-26(37)32-11-17(16-3-1-2-4-18(16)32)25(36)40-15-7-9-38-10-8-15/h1-6,11,14-15,20,22-23,34-35H,7-10,12H2,(H2,29,30,31)/t20-,22-,23-,27+/m1/s1. The first-order valence-corrected chi connectivity index (χ1v) is 12.9. The summed E-state index contributed by atoms with van der Waals surface area (Å²) in [4.78, 5) is 30.1. The van der Waals surface area contributed by atoms with Gasteiger partial charge in [-0.3, -0.25) is 4.57 Å². The molecule has 0 spiro atoms. The van der Waals surface area contributed by atoms with E-state index in [1.807, 2.05) is 6.07 Å². The van der Waals surface area contributed by atoms with Gasteiger partial charge in [-0.15, -0.1) is 0 Å². The summed E-state index contributed by atoms with van der Waals surface area (Å²) in [7, 11) is 0. The van der Waals surface area contributed by atoms with Crippen molar-refractivity contribution in [2.45, 2.75) is 42.9 Å². The molecular weight excluding hydrogens is 536 g/mol. The van der Waals surface area contributed by atoms with Gasteiger partial charge in [-0.1, -0.05) is 18.2 Å². The number of carbonyl (C=O) groups excluding carboxylic acids is 2. The summed E-state index contributed by atoms with van der Waals surface area (Å²) in [5.74, 6) is -0.423. The second-order valence-corrected chi connectivity index (χ2v) is 9.82. The monoisotopic (exact) mass is 562 g/mol. The predicted molar refractivity (Wildman–Crippen MR) is 140 cm³/mol. The normalized spacial score (nSPS) is 24.9. The number of anilines is 1. The minimum atomic E-state index is -2.04. The maximum Gasteiger partial charge on any atom is 0.418 e. The number of hydrogen-bond acceptors (Lipinski definition) is 12. The fourth-order valence-electron chi connectivity index (χ4n) is 5.28. The number of nitrogens with two attached hydrogens (primary N) is 1. The van der Waals surface area contributed by atoms with Crippen LogP contribution in [0, 0.1) is 11.3 Å². The molecule has 0 amide bonds. The number of nitrogens with zero attached hydrogens (tertiary/aromatic N) is 5. The second kappa shape index (κ2) is 10.5. The van der Waals surface area contributed by atoms with E-state index in [9.17, 15) is 25.1 Å². The quantitative estimate of drug-likeness (QED) is 0.294. The molecule has 4 aromatic rings. The van der Waals surface area contributed by atoms with Gasteiger partial charge in [0.25, 0.3) is 0 Å². The number of aromatic nitrogens is 4. The molecule has 41 heavy (non-hydrogen) atoms. The van der Waals surface area contributed by atoms with Crippen LogP contribution in [0.5, 0.6) is 0 Å². The summed E-state index contributed by atoms with van der Waals surface area (Å²) >= 11 is 0. The third-order valence-corrected chi connectivity index (χ3v) is 7.43. The molecule has 2 aliphatic heterocycles. The van der Waals surface area contributed by atoms with Gasteiger partial charge in [0, 0.05) is 24.4 Å². The number of para-hydroxylation sites is 1. The maximum absolute atomic E-state index is 13.2. The molecule has 14 heteroatoms. The van der Waals surface area contributed by atoms with Crippen LogP contribution in [0.1, 0.15) is 28.9 Å². The van der Waals surface area contributed by atoms with Gasteiger partial charge >= 0.3 is 12.1 Å². The van der Waals surface area contributed by atoms with Crippen molar-refractivity contribution >= 4 is 34.3 Å². The van der Waals surface area contributed by atoms with Crippen LogP contribution in [0.2, 0.25) is 0 Å². The van der Waals surface area contributed by atoms with E-state index in [1.54, 1.807) is 30.3 Å². The Labute approximate surface area is 232 Å². The van der Waals surface area contributed by atoms with Crippen LogP contribution in [0.15, 0.2) is 48.9 Å². The summed E-state index contributed by atoms with van der Waals surface area (Å²) in [6.45, 7) is 0.506. The van der Waals surface area contributed by atoms with E-state index in [1.165, 1.54) is 23.1 Å². The molecule has 6 rings (SSSR count). The molecule has 0 bridgehead atoms. The zero-order valence-electron chi connectivity index (χ0n) is 21.6. The molecule has 5 heterocycles. The van der Waals surface area contributed by atoms with Crippen molar-refractivity contribution in [1.29, 1.82) is 5.26 Å². The van der Waals surface area contributed by atoms with Gasteiger partial charge in [-0.2, -0.15) is 10.4 Å². The Morgan fingerprint density at radius 3 is 2.73 bits per heavy atom. The lowest BCUT2D eigenvalue weighted by Crippen LogP contribution is -2.41. The first kappa shape index (κ1) is 26.7. The number of esters is 1. The van der Waals surface area contributed by atoms with Crippen molar-refractivity contribution in [2.75, 3.05) is 25.6 Å². The maximum atomic E-state index is 13.2. The van der Waals surface area contributed by atoms with E-state index in [0.717, 1.165) is 4.57 Å². The summed E-state index contributed by atoms with van der Waals surface area (Å²) in [5, 5.41) is 36.3. The lowest BCUT2D eigenvalue weighted by atomic mass is 9.92. The molecule has 2 fully saturated rings. The largest absolute Gasteiger partial charge is 0.459 e. The van der Waals surface area contributed by atoms with Gasteiger partial charge in [-0.05, 0) is 18.2 Å². The number of nitrogen functional groups attached to an aromatic ring is 1. The topological polar surface area (TPSA) is 196 Å². The molecule has 212 valence electrons. The van der Waals surface area contributed by atoms with Gasteiger partial charge in [0.15, 0.2) is 5.82 Å². The van der Waals surface area contributed by atoms with Crippen LogP contribution in [-0.4, -0.2) is 85.7 Å². The first-order chi connectivity index (χ1) is 19.8. The molecule has 0 aliphatic carbocycles. The number of carbonyl (C=O) groups is 2. The number of hydrogen-bond donors (Lipinski definition) is 3. The van der Waals surface area contributed by atoms with Crippen molar-refractivity contribution < 1.29 is 38.7 Å². The average Bonchev–Trinajstić information content (AvgIpc) is 3.67. The minimum Gasteiger partial charge on any atom is -0.459 e. The number of aliphatic hydroxyl groups excluding tert-OH is 2. The van der Waals surface area contributed by atoms with Crippen molar-refractivity contribution in [3.63, 3.8) is 0 Å². The Balaban J connectivity index is 1.21. The van der Waals surface area contributed by atoms with E-state index in [0.29, 0.717) is 42.5 Å². The molecule has 1 aromatic carbocycles. The first-order valence-electron chi connectivity index (χ1n) is 12.9. The highest BCUT2D eigenvalue weighted by Gasteiger charge is 2.57. The fourth-order valence-corrected chi connectivity index (χ4v) is 5.28. The van der Waals surface area contributed by atoms with Gasteiger partial charge in [0.1, 0.15) is 48.9 Å². The second-order valence-electron chi connectivity index (χ2n) is 9.82. The highest BCUT2D eigenvalue weighted by Crippen LogP contribution is 2.40. The van der Waals surface area contributed by atoms with Gasteiger partial charge in [-0.25, -0.2) is 19.1 Å². The van der Waals surface area contributed by atoms with Crippen LogP contribution in [0.25, 0.3) is 16.4 Å². The Bertz CT molecular complexity index is 1670. The van der Waals surface area contributed by atoms with E-state index < -0.39 is 42.6 Å². The van der Waals surface area contributed by atoms with Gasteiger partial charge in [0.05, 0.1) is 30.0 Å². The molecule has 0 radical (unpaired) electrons. The van der Waals surface area contributed by atoms with Crippen molar-refractivity contribution in [2.24, 2.45) is 0 Å². The predicted octanol–water partition coefficient (Wildman–Crippen LogP) is 1.13. The SMILES string of the molecule is N#C[C@@]1(c2ccc3c(N)ncnn23)O[C@H](COC(=O)n2cc(C(=O)OC3CCOCC3)c3ccccc32)[C@@H](O)[C@H]1O. The number of benzene rings is 1. The van der Waals surface area contributed by atoms with Crippen molar-refractivity contribution in [3.05, 3.63) is 60.2 Å². The molecular formula is C27H26N6O8. The number of aliphatic hydroxyl groups is 2. The Morgan fingerprint density at radius 1 is 1.17 bits per heavy atom. The van der Waals surface area contributed by atoms with E-state index in [4.69, 9.17) is 24.7 Å². The van der Waals surface area contributed by atoms with Crippen molar-refractivity contribution in [1.82, 2.24) is 19.2 Å². The molecule has 0 unspecified atom stereocenters. The number of fused-ring (bicyclic) bond motifs is 2. The highest BCUT2D eigenvalue weighted by atomic mass is 16.6. The molecule has 4 atom stereocenters. The summed E-state index contributed by atoms with van der Waals surface area (Å²) < 4.78 is 24.7. The Kier molecular flexibility index (Phi) is 6.80. The third kappa shape index (κ3) is 4.45. The lowest BCUT2D eigenvalue weighted by Gasteiger charge is -2.24. The molecule has 2 saturated heterocycles. The van der Waals surface area contributed by atoms with Crippen LogP contribution in [-0.2, 0) is 24.5 Å². The minimum absolute atomic E-state index is 0.119. The summed E-state index contributed by atoms with van der Waals surface area (Å²) in [5.41, 5.74) is 4.95. The van der Waals surface area contributed by atoms with Crippen LogP contribution >= 0.6 is 0 Å². The number of ether oxygens (including phenoxy) is 4. The number of rotatable bonds is 5. The zero-order chi connectivity index (χ0) is 28.7. The molecule has 3 aromatic heterocycles. The highest BCUT2D eigenvalue weighted by molar-refractivity contribution is 6.06. The molecule has 14 nitrogen and oxygen atoms in total. The van der Waals surface area contributed by atoms with E-state index in [-0.39, 0.29) is 23.2 Å². The lowest BCUT2D eigenvalue weighted by molar-refractivity contribution is -0.0657. The molecule has 2 aliphatic rings. The van der Waals surface area contributed by atoms with E-state index >= 15 is 0 Å². The number of nitriles is 1. The third-order valence-electron chi connectivity index (χ3n) is 7.43. The van der Waals surface area contributed by atoms with Crippen molar-refractivity contribution in [3.8, 4) is 6.07 Å². The Morgan fingerprint density at radius 2 is 1.95 bits per heavy atom. The molecule has 0 saturated carbocycles.